The zero-order valence-electron chi connectivity index (χ0n) is 23.8. The van der Waals surface area contributed by atoms with E-state index in [2.05, 4.69) is 86.1 Å². The van der Waals surface area contributed by atoms with E-state index in [1.807, 2.05) is 0 Å². The summed E-state index contributed by atoms with van der Waals surface area (Å²) in [7, 11) is 0. The van der Waals surface area contributed by atoms with Gasteiger partial charge in [-0.15, -0.1) is 0 Å². The molecule has 0 heteroatoms. The van der Waals surface area contributed by atoms with Gasteiger partial charge in [-0.25, -0.2) is 0 Å². The van der Waals surface area contributed by atoms with Gasteiger partial charge in [0.1, 0.15) is 0 Å². The van der Waals surface area contributed by atoms with E-state index in [1.54, 1.807) is 0 Å². The molecule has 0 saturated heterocycles. The minimum Gasteiger partial charge on any atom is -0.0979 e. The van der Waals surface area contributed by atoms with Crippen molar-refractivity contribution in [3.8, 4) is 23.7 Å². The van der Waals surface area contributed by atoms with Crippen molar-refractivity contribution in [2.75, 3.05) is 0 Å². The lowest BCUT2D eigenvalue weighted by atomic mass is 9.77. The molecule has 1 saturated carbocycles. The first kappa shape index (κ1) is 29.1. The molecule has 2 aromatic rings. The maximum atomic E-state index is 3.33. The van der Waals surface area contributed by atoms with Crippen LogP contribution < -0.4 is 0 Å². The predicted octanol–water partition coefficient (Wildman–Crippen LogP) is 10.5. The smallest absolute Gasteiger partial charge is 0.0249 e. The van der Waals surface area contributed by atoms with E-state index in [4.69, 9.17) is 0 Å². The Kier molecular flexibility index (Phi) is 14.1. The minimum atomic E-state index is 0.935. The third-order valence-electron chi connectivity index (χ3n) is 8.10. The number of unbranched alkanes of at least 4 members (excludes halogenated alkanes) is 8. The van der Waals surface area contributed by atoms with Gasteiger partial charge in [-0.2, -0.15) is 0 Å². The molecule has 1 aliphatic carbocycles. The van der Waals surface area contributed by atoms with Crippen molar-refractivity contribution < 1.29 is 0 Å². The molecule has 0 unspecified atom stereocenters. The Labute approximate surface area is 229 Å². The molecule has 0 atom stereocenters. The van der Waals surface area contributed by atoms with Crippen LogP contribution in [0.1, 0.15) is 139 Å². The van der Waals surface area contributed by atoms with Crippen LogP contribution in [0.4, 0.5) is 0 Å². The van der Waals surface area contributed by atoms with Crippen molar-refractivity contribution in [1.82, 2.24) is 0 Å². The fourth-order valence-corrected chi connectivity index (χ4v) is 5.56. The molecule has 37 heavy (non-hydrogen) atoms. The first-order valence-electron chi connectivity index (χ1n) is 15.5. The van der Waals surface area contributed by atoms with Crippen LogP contribution in [0.25, 0.3) is 0 Å². The number of benzene rings is 2. The van der Waals surface area contributed by atoms with E-state index in [-0.39, 0.29) is 0 Å². The van der Waals surface area contributed by atoms with Crippen LogP contribution in [0.3, 0.4) is 0 Å². The van der Waals surface area contributed by atoms with Crippen LogP contribution in [0.15, 0.2) is 48.5 Å². The lowest BCUT2D eigenvalue weighted by molar-refractivity contribution is 0.248. The summed E-state index contributed by atoms with van der Waals surface area (Å²) in [6, 6.07) is 17.3. The highest BCUT2D eigenvalue weighted by atomic mass is 14.3. The van der Waals surface area contributed by atoms with Crippen molar-refractivity contribution in [1.29, 1.82) is 0 Å². The number of rotatable bonds is 13. The monoisotopic (exact) mass is 494 g/mol. The first-order chi connectivity index (χ1) is 18.3. The largest absolute Gasteiger partial charge is 0.0979 e. The van der Waals surface area contributed by atoms with Crippen LogP contribution >= 0.6 is 0 Å². The molecule has 2 aromatic carbocycles. The summed E-state index contributed by atoms with van der Waals surface area (Å²) in [6.07, 6.45) is 23.2. The van der Waals surface area contributed by atoms with Crippen LogP contribution in [0.5, 0.6) is 0 Å². The third kappa shape index (κ3) is 12.1. The minimum absolute atomic E-state index is 0.935. The van der Waals surface area contributed by atoms with Gasteiger partial charge in [0.2, 0.25) is 0 Å². The Balaban J connectivity index is 1.34. The first-order valence-corrected chi connectivity index (χ1v) is 15.5. The summed E-state index contributed by atoms with van der Waals surface area (Å²) in [5.41, 5.74) is 4.69. The molecule has 0 amide bonds. The number of aryl methyl sites for hydroxylation is 1. The van der Waals surface area contributed by atoms with E-state index in [1.165, 1.54) is 108 Å². The second-order valence-corrected chi connectivity index (χ2v) is 11.3. The summed E-state index contributed by atoms with van der Waals surface area (Å²) >= 11 is 0. The molecule has 0 bridgehead atoms. The zero-order valence-corrected chi connectivity index (χ0v) is 23.8. The van der Waals surface area contributed by atoms with Crippen LogP contribution in [0.2, 0.25) is 0 Å². The van der Waals surface area contributed by atoms with Crippen molar-refractivity contribution >= 4 is 0 Å². The van der Waals surface area contributed by atoms with Gasteiger partial charge in [0.15, 0.2) is 0 Å². The van der Waals surface area contributed by atoms with E-state index in [9.17, 15) is 0 Å². The van der Waals surface area contributed by atoms with Gasteiger partial charge in [0, 0.05) is 23.1 Å². The third-order valence-corrected chi connectivity index (χ3v) is 8.10. The summed E-state index contributed by atoms with van der Waals surface area (Å²) < 4.78 is 0. The molecule has 1 aliphatic rings. The molecule has 0 N–H and O–H groups in total. The maximum absolute atomic E-state index is 3.33. The molecule has 0 nitrogen and oxygen atoms in total. The topological polar surface area (TPSA) is 0 Å². The molecule has 0 spiro atoms. The van der Waals surface area contributed by atoms with Gasteiger partial charge in [0.05, 0.1) is 0 Å². The summed E-state index contributed by atoms with van der Waals surface area (Å²) in [4.78, 5) is 0. The lowest BCUT2D eigenvalue weighted by Crippen LogP contribution is -2.15. The fraction of sp³-hybridized carbons (Fsp3) is 0.568. The Bertz CT molecular complexity index is 978. The molecule has 198 valence electrons. The van der Waals surface area contributed by atoms with E-state index in [0.717, 1.165) is 34.9 Å². The Morgan fingerprint density at radius 1 is 0.541 bits per heavy atom. The Morgan fingerprint density at radius 3 is 1.65 bits per heavy atom. The predicted molar refractivity (Wildman–Crippen MR) is 162 cm³/mol. The van der Waals surface area contributed by atoms with E-state index < -0.39 is 0 Å². The highest BCUT2D eigenvalue weighted by Gasteiger charge is 2.20. The van der Waals surface area contributed by atoms with Gasteiger partial charge in [-0.3, -0.25) is 0 Å². The van der Waals surface area contributed by atoms with Crippen molar-refractivity contribution in [3.63, 3.8) is 0 Å². The highest BCUT2D eigenvalue weighted by Crippen LogP contribution is 2.34. The number of hydrogen-bond acceptors (Lipinski definition) is 0. The van der Waals surface area contributed by atoms with Crippen LogP contribution in [-0.2, 0) is 6.42 Å². The zero-order chi connectivity index (χ0) is 26.0. The molecule has 1 fully saturated rings. The Morgan fingerprint density at radius 2 is 1.03 bits per heavy atom. The van der Waals surface area contributed by atoms with Gasteiger partial charge < -0.3 is 0 Å². The molecule has 0 aromatic heterocycles. The summed E-state index contributed by atoms with van der Waals surface area (Å²) in [5.74, 6) is 15.1. The standard InChI is InChI=1S/C37H50/c1-3-5-7-9-11-13-15-33-18-22-35(23-19-33)25-27-37-30-28-36(29-31-37)26-24-34-20-16-32(17-21-34)14-12-10-8-6-4-2/h16-17,20-21,28-31,33,35H,3-11,13,15,18-19,22-23,25,27H2,1-2H3/t33-,35-. The fourth-order valence-electron chi connectivity index (χ4n) is 5.56. The van der Waals surface area contributed by atoms with Crippen molar-refractivity contribution in [2.24, 2.45) is 11.8 Å². The quantitative estimate of drug-likeness (QED) is 0.192. The normalized spacial score (nSPS) is 16.9. The second kappa shape index (κ2) is 17.9. The molecular weight excluding hydrogens is 444 g/mol. The van der Waals surface area contributed by atoms with E-state index >= 15 is 0 Å². The molecular formula is C37H50. The molecule has 3 rings (SSSR count). The van der Waals surface area contributed by atoms with Crippen molar-refractivity contribution in [3.05, 3.63) is 70.8 Å². The van der Waals surface area contributed by atoms with Crippen molar-refractivity contribution in [2.45, 2.75) is 123 Å². The SMILES string of the molecule is CCCCCC#Cc1ccc(C#Cc2ccc(CC[C@H]3CC[C@H](CCCCCCCC)CC3)cc2)cc1. The summed E-state index contributed by atoms with van der Waals surface area (Å²) in [6.45, 7) is 4.53. The van der Waals surface area contributed by atoms with Crippen LogP contribution in [-0.4, -0.2) is 0 Å². The Hall–Kier alpha value is -2.44. The molecule has 0 radical (unpaired) electrons. The van der Waals surface area contributed by atoms with E-state index in [0.29, 0.717) is 0 Å². The van der Waals surface area contributed by atoms with Gasteiger partial charge in [-0.05, 0) is 73.1 Å². The average Bonchev–Trinajstić information content (AvgIpc) is 2.94. The molecule has 0 heterocycles. The number of hydrogen-bond donors (Lipinski definition) is 0. The van der Waals surface area contributed by atoms with Gasteiger partial charge in [-0.1, -0.05) is 133 Å². The highest BCUT2D eigenvalue weighted by molar-refractivity contribution is 5.46. The van der Waals surface area contributed by atoms with Crippen LogP contribution in [0, 0.1) is 35.5 Å². The second-order valence-electron chi connectivity index (χ2n) is 11.3. The summed E-state index contributed by atoms with van der Waals surface area (Å²) in [5, 5.41) is 0. The van der Waals surface area contributed by atoms with Gasteiger partial charge in [0.25, 0.3) is 0 Å². The van der Waals surface area contributed by atoms with Gasteiger partial charge >= 0.3 is 0 Å². The maximum Gasteiger partial charge on any atom is 0.0249 e. The lowest BCUT2D eigenvalue weighted by Gasteiger charge is -2.28. The average molecular weight is 495 g/mol. The molecule has 0 aliphatic heterocycles.